The minimum Gasteiger partial charge on any atom is -0.519 e. The van der Waals surface area contributed by atoms with Gasteiger partial charge in [-0.1, -0.05) is 44.1 Å². The number of halogens is 2. The average Bonchev–Trinajstić information content (AvgIpc) is 3.82. The molecule has 2 fully saturated rings. The van der Waals surface area contributed by atoms with Crippen LogP contribution in [0.2, 0.25) is 0 Å². The van der Waals surface area contributed by atoms with Gasteiger partial charge < -0.3 is 80.1 Å². The quantitative estimate of drug-likeness (QED) is 0.0347. The third kappa shape index (κ3) is 46.9. The van der Waals surface area contributed by atoms with Crippen molar-refractivity contribution in [2.45, 2.75) is 63.7 Å². The Morgan fingerprint density at radius 2 is 1.27 bits per heavy atom. The predicted octanol–water partition coefficient (Wildman–Crippen LogP) is 2.26. The van der Waals surface area contributed by atoms with E-state index in [0.717, 1.165) is 32.2 Å². The van der Waals surface area contributed by atoms with Gasteiger partial charge in [-0.15, -0.1) is 0 Å². The molecule has 2 aliphatic heterocycles. The van der Waals surface area contributed by atoms with Crippen LogP contribution in [0.5, 0.6) is 0 Å². The molecule has 0 spiro atoms. The number of amides is 2. The minimum atomic E-state index is -0.677. The fourth-order valence-electron chi connectivity index (χ4n) is 3.41. The van der Waals surface area contributed by atoms with Crippen molar-refractivity contribution in [3.63, 3.8) is 0 Å². The third-order valence-electron chi connectivity index (χ3n) is 6.25. The Bertz CT molecular complexity index is 1080. The molecule has 0 aliphatic carbocycles. The summed E-state index contributed by atoms with van der Waals surface area (Å²) in [5.74, 6) is -2.46. The van der Waals surface area contributed by atoms with Gasteiger partial charge in [0.1, 0.15) is 25.3 Å². The molecule has 6 atom stereocenters. The van der Waals surface area contributed by atoms with Gasteiger partial charge in [0.2, 0.25) is 18.7 Å². The van der Waals surface area contributed by atoms with E-state index >= 15 is 0 Å². The first-order valence-electron chi connectivity index (χ1n) is 15.8. The van der Waals surface area contributed by atoms with E-state index < -0.39 is 30.4 Å². The largest absolute Gasteiger partial charge is 0.519 e. The molecular weight excluding hydrogens is 1120 g/mol. The number of likely N-dealkylation sites (N-methyl/N-ethyl adjacent to an activating group) is 2. The van der Waals surface area contributed by atoms with Crippen molar-refractivity contribution in [2.24, 2.45) is 0 Å². The maximum atomic E-state index is 11.5. The summed E-state index contributed by atoms with van der Waals surface area (Å²) >= 11 is 3.98. The van der Waals surface area contributed by atoms with Crippen molar-refractivity contribution in [3.05, 3.63) is 0 Å². The van der Waals surface area contributed by atoms with Crippen LogP contribution >= 0.6 is 73.7 Å². The molecule has 330 valence electrons. The topological polar surface area (TPSA) is 342 Å². The maximum Gasteiger partial charge on any atom is 0.302 e. The van der Waals surface area contributed by atoms with Gasteiger partial charge in [-0.25, -0.2) is 11.7 Å². The number of likely N-dealkylation sites (tertiary alicyclic amines) is 2. The monoisotopic (exact) mass is 1180 g/mol. The minimum absolute atomic E-state index is 0. The van der Waals surface area contributed by atoms with Gasteiger partial charge >= 0.3 is 11.9 Å². The summed E-state index contributed by atoms with van der Waals surface area (Å²) < 4.78 is 26.4. The second-order valence-electron chi connectivity index (χ2n) is 9.48. The molecule has 14 N–H and O–H groups in total. The Morgan fingerprint density at radius 3 is 1.54 bits per heavy atom. The normalized spacial score (nSPS) is 16.4. The molecule has 0 bridgehead atoms. The Balaban J connectivity index is -0.0000000741. The number of Topliss-reactive ketones (excluding diaryl/α,β-unsaturated/α-hetero) is 2. The van der Waals surface area contributed by atoms with E-state index in [1.807, 2.05) is 44.1 Å². The van der Waals surface area contributed by atoms with Crippen LogP contribution in [0.15, 0.2) is 0 Å². The van der Waals surface area contributed by atoms with Crippen LogP contribution in [0.4, 0.5) is 0 Å². The number of nitrogens with zero attached hydrogens (tertiary/aromatic N) is 3. The van der Waals surface area contributed by atoms with Crippen molar-refractivity contribution in [1.29, 1.82) is 13.2 Å². The molecular formula is C28H62I2N8O12P4V2. The second-order valence-corrected chi connectivity index (χ2v) is 19.5. The summed E-state index contributed by atoms with van der Waals surface area (Å²) in [6, 6.07) is 0.253. The van der Waals surface area contributed by atoms with Crippen LogP contribution in [-0.2, 0) is 80.1 Å². The number of esters is 2. The Kier molecular flexibility index (Phi) is 72.5. The zero-order chi connectivity index (χ0) is 43.2. The van der Waals surface area contributed by atoms with Crippen LogP contribution in [-0.4, -0.2) is 162 Å². The molecule has 2 unspecified atom stereocenters. The van der Waals surface area contributed by atoms with E-state index in [2.05, 4.69) is 44.0 Å². The first-order valence-corrected chi connectivity index (χ1v) is 25.0. The molecule has 28 heteroatoms. The van der Waals surface area contributed by atoms with Gasteiger partial charge in [0.25, 0.3) is 0 Å². The van der Waals surface area contributed by atoms with Crippen molar-refractivity contribution < 1.29 is 95.4 Å². The number of hydrogen-bond acceptors (Lipinski definition) is 16. The first kappa shape index (κ1) is 70.8. The Labute approximate surface area is 391 Å². The first-order chi connectivity index (χ1) is 25.3. The zero-order valence-corrected chi connectivity index (χ0v) is 43.8. The van der Waals surface area contributed by atoms with E-state index in [0.29, 0.717) is 19.4 Å². The molecule has 56 heavy (non-hydrogen) atoms. The van der Waals surface area contributed by atoms with Crippen LogP contribution in [0.25, 0.3) is 0 Å². The van der Waals surface area contributed by atoms with Gasteiger partial charge in [0.15, 0.2) is 11.6 Å². The van der Waals surface area contributed by atoms with Crippen molar-refractivity contribution in [3.8, 4) is 6.07 Å². The number of carbonyl (C=O) groups excluding carboxylic acids is 6. The van der Waals surface area contributed by atoms with Crippen molar-refractivity contribution >= 4 is 116 Å². The number of quaternary nitrogens is 2. The van der Waals surface area contributed by atoms with E-state index in [9.17, 15) is 28.8 Å². The second kappa shape index (κ2) is 57.3. The smallest absolute Gasteiger partial charge is 0.302 e. The standard InChI is InChI=1S/C11H19N3O4.C6H8N2O.C5H11NO3.2C3H6O2.2H2IP2.2H3N.2V/c1-13-8(5-15)10(17)6-18-11(12)9-3-2-4-14(9)7-16;7-4-6-2-1-3-8(6)5-9;1-6-4(2-7)5(9)3-8;2*1-3(4)5-2;2*1-3-2;;;;/h7-9,12-13,15H,2-6H2,1H3;5-6H,1-3H2;4,6-8H,2-3H2,1H3;2*1-2H3;2*2-3H;2*1H3;;/q;;;;;2*-1;;;;/p+2/t8-,9-;6-;4-;;;;;;;;/m000......../s1/i;;;;;2*3D;;;;. The van der Waals surface area contributed by atoms with Crippen molar-refractivity contribution in [2.75, 3.05) is 67.8 Å². The number of ketones is 2. The van der Waals surface area contributed by atoms with E-state index in [1.165, 1.54) is 33.0 Å². The molecule has 2 heterocycles. The van der Waals surface area contributed by atoms with Gasteiger partial charge in [0.05, 0.1) is 45.6 Å². The number of ether oxygens (including phenoxy) is 3. The van der Waals surface area contributed by atoms with E-state index in [-0.39, 0.29) is 111 Å². The SMILES string of the molecule is CN[C@@H](CO)C(=O)CO.CN[C@@H](CO)C(=O)COC(=N)[C@@H]1CCCN1C=O.COC(C)=O.COC(C)=O.N#C[C@@H]1CCCN1C=O.[2H]P([PH-])I.[2H]P([PH-])I.[NH4+].[NH4+].[V].[V]. The van der Waals surface area contributed by atoms with Gasteiger partial charge in [-0.3, -0.25) is 34.2 Å². The molecule has 2 rings (SSSR count). The van der Waals surface area contributed by atoms with Gasteiger partial charge in [-0.05, 0) is 39.8 Å². The number of aliphatic hydroxyl groups excluding tert-OH is 3. The molecule has 2 amide bonds. The molecule has 2 aliphatic rings. The fourth-order valence-corrected chi connectivity index (χ4v) is 3.41. The number of methoxy groups -OCH3 is 2. The van der Waals surface area contributed by atoms with E-state index in [4.69, 9.17) is 33.3 Å². The van der Waals surface area contributed by atoms with Crippen LogP contribution in [0.1, 0.15) is 39.5 Å². The predicted molar refractivity (Wildman–Crippen MR) is 236 cm³/mol. The van der Waals surface area contributed by atoms with E-state index in [1.54, 1.807) is 19.0 Å². The number of aliphatic hydroxyl groups is 3. The van der Waals surface area contributed by atoms with Crippen LogP contribution in [0, 0.1) is 16.7 Å². The van der Waals surface area contributed by atoms with Gasteiger partial charge in [0, 0.05) is 66.6 Å². The summed E-state index contributed by atoms with van der Waals surface area (Å²) in [6.45, 7) is 2.72. The molecule has 20 nitrogen and oxygen atoms in total. The summed E-state index contributed by atoms with van der Waals surface area (Å²) in [4.78, 5) is 65.1. The summed E-state index contributed by atoms with van der Waals surface area (Å²) in [6.07, 6.45) is 4.77. The van der Waals surface area contributed by atoms with Crippen molar-refractivity contribution in [1.82, 2.24) is 32.7 Å². The summed E-state index contributed by atoms with van der Waals surface area (Å²) in [5.41, 5.74) is 0. The number of hydrogen-bond donors (Lipinski definition) is 8. The Morgan fingerprint density at radius 1 is 0.911 bits per heavy atom. The zero-order valence-electron chi connectivity index (χ0n) is 34.9. The molecule has 2 saturated heterocycles. The number of nitrogens with one attached hydrogen (secondary N) is 3. The number of carbonyl (C=O) groups is 6. The molecule has 0 aromatic heterocycles. The number of nitriles is 1. The Hall–Kier alpha value is 0.249. The van der Waals surface area contributed by atoms with Crippen LogP contribution in [0.3, 0.4) is 0 Å². The number of rotatable bonds is 12. The fraction of sp³-hybridized carbons (Fsp3) is 0.714. The summed E-state index contributed by atoms with van der Waals surface area (Å²) in [7, 11) is 11.9. The maximum absolute atomic E-state index is 11.5. The molecule has 0 saturated carbocycles. The van der Waals surface area contributed by atoms with Crippen LogP contribution < -0.4 is 22.9 Å². The van der Waals surface area contributed by atoms with Gasteiger partial charge in [-0.2, -0.15) is 5.26 Å². The molecule has 0 aromatic carbocycles. The average molecular weight is 1180 g/mol. The molecule has 2 radical (unpaired) electrons. The summed E-state index contributed by atoms with van der Waals surface area (Å²) in [5, 5.41) is 46.9. The molecule has 0 aromatic rings. The third-order valence-corrected chi connectivity index (χ3v) is 6.25.